The van der Waals surface area contributed by atoms with Crippen molar-refractivity contribution < 1.29 is 15.0 Å². The van der Waals surface area contributed by atoms with Gasteiger partial charge in [-0.25, -0.2) is 0 Å². The summed E-state index contributed by atoms with van der Waals surface area (Å²) in [6.45, 7) is 3.29. The van der Waals surface area contributed by atoms with Gasteiger partial charge in [-0.2, -0.15) is 0 Å². The summed E-state index contributed by atoms with van der Waals surface area (Å²) in [7, 11) is 0. The molecule has 0 heterocycles. The van der Waals surface area contributed by atoms with Crippen molar-refractivity contribution in [1.82, 2.24) is 5.32 Å². The average Bonchev–Trinajstić information content (AvgIpc) is 2.39. The minimum Gasteiger partial charge on any atom is -0.504 e. The monoisotopic (exact) mass is 266 g/mol. The van der Waals surface area contributed by atoms with E-state index < -0.39 is 0 Å². The number of phenolic OH excluding ortho intramolecular Hbond substituents is 2. The molecule has 0 radical (unpaired) electrons. The third-order valence-corrected chi connectivity index (χ3v) is 3.06. The number of hydrogen-bond acceptors (Lipinski definition) is 4. The number of rotatable bonds is 7. The van der Waals surface area contributed by atoms with Gasteiger partial charge in [0, 0.05) is 12.1 Å². The maximum Gasteiger partial charge on any atom is 0.251 e. The van der Waals surface area contributed by atoms with Crippen LogP contribution >= 0.6 is 0 Å². The standard InChI is InChI=1S/C14H22N2O3/c1-2-3-10(6-7-15)9-16-14(19)11-4-5-12(17)13(18)8-11/h4-5,8,10,17-18H,2-3,6-7,9,15H2,1H3,(H,16,19). The van der Waals surface area contributed by atoms with Gasteiger partial charge in [-0.3, -0.25) is 4.79 Å². The summed E-state index contributed by atoms with van der Waals surface area (Å²) < 4.78 is 0. The largest absolute Gasteiger partial charge is 0.504 e. The molecule has 0 saturated heterocycles. The lowest BCUT2D eigenvalue weighted by Gasteiger charge is -2.16. The number of aromatic hydroxyl groups is 2. The highest BCUT2D eigenvalue weighted by Crippen LogP contribution is 2.24. The van der Waals surface area contributed by atoms with Crippen LogP contribution in [0.5, 0.6) is 11.5 Å². The lowest BCUT2D eigenvalue weighted by Crippen LogP contribution is -2.30. The fourth-order valence-electron chi connectivity index (χ4n) is 2.00. The number of hydrogen-bond donors (Lipinski definition) is 4. The molecule has 1 unspecified atom stereocenters. The van der Waals surface area contributed by atoms with Crippen LogP contribution in [0.1, 0.15) is 36.5 Å². The van der Waals surface area contributed by atoms with Gasteiger partial charge in [0.25, 0.3) is 5.91 Å². The molecule has 0 bridgehead atoms. The Morgan fingerprint density at radius 3 is 2.63 bits per heavy atom. The molecule has 0 aromatic heterocycles. The summed E-state index contributed by atoms with van der Waals surface area (Å²) >= 11 is 0. The second-order valence-corrected chi connectivity index (χ2v) is 4.65. The van der Waals surface area contributed by atoms with Crippen molar-refractivity contribution in [1.29, 1.82) is 0 Å². The van der Waals surface area contributed by atoms with E-state index in [4.69, 9.17) is 5.73 Å². The summed E-state index contributed by atoms with van der Waals surface area (Å²) in [5.41, 5.74) is 5.87. The van der Waals surface area contributed by atoms with Crippen LogP contribution in [-0.4, -0.2) is 29.2 Å². The summed E-state index contributed by atoms with van der Waals surface area (Å²) in [5, 5.41) is 21.4. The molecular formula is C14H22N2O3. The summed E-state index contributed by atoms with van der Waals surface area (Å²) in [4.78, 5) is 11.9. The van der Waals surface area contributed by atoms with Crippen LogP contribution in [0.15, 0.2) is 18.2 Å². The number of amides is 1. The van der Waals surface area contributed by atoms with Crippen LogP contribution in [0.3, 0.4) is 0 Å². The predicted octanol–water partition coefficient (Wildman–Crippen LogP) is 1.59. The molecule has 106 valence electrons. The molecule has 1 atom stereocenters. The second-order valence-electron chi connectivity index (χ2n) is 4.65. The summed E-state index contributed by atoms with van der Waals surface area (Å²) in [6.07, 6.45) is 2.97. The van der Waals surface area contributed by atoms with E-state index in [9.17, 15) is 15.0 Å². The first-order chi connectivity index (χ1) is 9.08. The van der Waals surface area contributed by atoms with Crippen molar-refractivity contribution in [2.75, 3.05) is 13.1 Å². The molecule has 1 amide bonds. The Kier molecular flexibility index (Phi) is 6.15. The summed E-state index contributed by atoms with van der Waals surface area (Å²) in [6, 6.07) is 4.03. The van der Waals surface area contributed by atoms with E-state index in [-0.39, 0.29) is 17.4 Å². The molecule has 5 nitrogen and oxygen atoms in total. The van der Waals surface area contributed by atoms with E-state index in [0.29, 0.717) is 24.6 Å². The zero-order valence-electron chi connectivity index (χ0n) is 11.2. The van der Waals surface area contributed by atoms with E-state index in [1.807, 2.05) is 0 Å². The average molecular weight is 266 g/mol. The van der Waals surface area contributed by atoms with Crippen molar-refractivity contribution in [3.8, 4) is 11.5 Å². The van der Waals surface area contributed by atoms with Crippen molar-refractivity contribution in [2.24, 2.45) is 11.7 Å². The quantitative estimate of drug-likeness (QED) is 0.564. The number of benzene rings is 1. The first-order valence-electron chi connectivity index (χ1n) is 6.58. The first-order valence-corrected chi connectivity index (χ1v) is 6.58. The van der Waals surface area contributed by atoms with Crippen LogP contribution < -0.4 is 11.1 Å². The second kappa shape index (κ2) is 7.63. The molecule has 1 rings (SSSR count). The number of carbonyl (C=O) groups is 1. The molecule has 1 aromatic rings. The Bertz CT molecular complexity index is 415. The van der Waals surface area contributed by atoms with Gasteiger partial charge in [-0.05, 0) is 43.5 Å². The van der Waals surface area contributed by atoms with Gasteiger partial charge in [-0.1, -0.05) is 13.3 Å². The van der Waals surface area contributed by atoms with Gasteiger partial charge >= 0.3 is 0 Å². The van der Waals surface area contributed by atoms with Gasteiger partial charge in [0.1, 0.15) is 0 Å². The number of carbonyl (C=O) groups excluding carboxylic acids is 1. The van der Waals surface area contributed by atoms with Gasteiger partial charge < -0.3 is 21.3 Å². The topological polar surface area (TPSA) is 95.6 Å². The number of phenols is 2. The molecule has 5 N–H and O–H groups in total. The van der Waals surface area contributed by atoms with Crippen molar-refractivity contribution in [3.63, 3.8) is 0 Å². The first kappa shape index (κ1) is 15.3. The molecule has 0 aliphatic heterocycles. The van der Waals surface area contributed by atoms with Crippen molar-refractivity contribution in [2.45, 2.75) is 26.2 Å². The molecule has 0 saturated carbocycles. The highest BCUT2D eigenvalue weighted by atomic mass is 16.3. The van der Waals surface area contributed by atoms with E-state index >= 15 is 0 Å². The molecule has 19 heavy (non-hydrogen) atoms. The lowest BCUT2D eigenvalue weighted by molar-refractivity contribution is 0.0945. The van der Waals surface area contributed by atoms with E-state index in [1.54, 1.807) is 0 Å². The minimum atomic E-state index is -0.292. The van der Waals surface area contributed by atoms with Crippen LogP contribution in [0.25, 0.3) is 0 Å². The third kappa shape index (κ3) is 4.79. The minimum absolute atomic E-state index is 0.233. The zero-order chi connectivity index (χ0) is 14.3. The maximum absolute atomic E-state index is 11.9. The highest BCUT2D eigenvalue weighted by molar-refractivity contribution is 5.94. The van der Waals surface area contributed by atoms with E-state index in [1.165, 1.54) is 18.2 Å². The Hall–Kier alpha value is -1.75. The fourth-order valence-corrected chi connectivity index (χ4v) is 2.00. The number of nitrogens with two attached hydrogens (primary N) is 1. The van der Waals surface area contributed by atoms with Crippen LogP contribution in [-0.2, 0) is 0 Å². The molecular weight excluding hydrogens is 244 g/mol. The summed E-state index contributed by atoms with van der Waals surface area (Å²) in [5.74, 6) is -0.402. The molecule has 0 aliphatic carbocycles. The number of nitrogens with one attached hydrogen (secondary N) is 1. The molecule has 5 heteroatoms. The van der Waals surface area contributed by atoms with Gasteiger partial charge in [-0.15, -0.1) is 0 Å². The van der Waals surface area contributed by atoms with Gasteiger partial charge in [0.2, 0.25) is 0 Å². The van der Waals surface area contributed by atoms with Crippen molar-refractivity contribution in [3.05, 3.63) is 23.8 Å². The predicted molar refractivity (Wildman–Crippen MR) is 74.2 cm³/mol. The normalized spacial score (nSPS) is 12.1. The smallest absolute Gasteiger partial charge is 0.251 e. The Labute approximate surface area is 113 Å². The van der Waals surface area contributed by atoms with Gasteiger partial charge in [0.15, 0.2) is 11.5 Å². The molecule has 0 spiro atoms. The van der Waals surface area contributed by atoms with Crippen molar-refractivity contribution >= 4 is 5.91 Å². The van der Waals surface area contributed by atoms with Gasteiger partial charge in [0.05, 0.1) is 0 Å². The molecule has 0 aliphatic rings. The highest BCUT2D eigenvalue weighted by Gasteiger charge is 2.12. The fraction of sp³-hybridized carbons (Fsp3) is 0.500. The molecule has 0 fully saturated rings. The Morgan fingerprint density at radius 2 is 2.05 bits per heavy atom. The Balaban J connectivity index is 2.56. The zero-order valence-corrected chi connectivity index (χ0v) is 11.2. The Morgan fingerprint density at radius 1 is 1.32 bits per heavy atom. The van der Waals surface area contributed by atoms with E-state index in [2.05, 4.69) is 12.2 Å². The SMILES string of the molecule is CCCC(CCN)CNC(=O)c1ccc(O)c(O)c1. The van der Waals surface area contributed by atoms with Crippen LogP contribution in [0, 0.1) is 5.92 Å². The van der Waals surface area contributed by atoms with E-state index in [0.717, 1.165) is 19.3 Å². The third-order valence-electron chi connectivity index (χ3n) is 3.06. The van der Waals surface area contributed by atoms with Crippen LogP contribution in [0.2, 0.25) is 0 Å². The van der Waals surface area contributed by atoms with Crippen LogP contribution in [0.4, 0.5) is 0 Å². The molecule has 1 aromatic carbocycles. The maximum atomic E-state index is 11.9. The lowest BCUT2D eigenvalue weighted by atomic mass is 10.00.